The van der Waals surface area contributed by atoms with Gasteiger partial charge in [-0.05, 0) is 137 Å². The molecule has 14 rings (SSSR count). The van der Waals surface area contributed by atoms with E-state index in [1.54, 1.807) is 0 Å². The fourth-order valence-electron chi connectivity index (χ4n) is 13.1. The summed E-state index contributed by atoms with van der Waals surface area (Å²) in [5.74, 6) is 0. The van der Waals surface area contributed by atoms with Crippen molar-refractivity contribution in [1.29, 1.82) is 0 Å². The predicted molar refractivity (Wildman–Crippen MR) is 272 cm³/mol. The van der Waals surface area contributed by atoms with Crippen molar-refractivity contribution in [2.75, 3.05) is 4.90 Å². The summed E-state index contributed by atoms with van der Waals surface area (Å²) >= 11 is 0. The molecule has 310 valence electrons. The van der Waals surface area contributed by atoms with Gasteiger partial charge in [0.05, 0.1) is 10.8 Å². The lowest BCUT2D eigenvalue weighted by Crippen LogP contribution is -2.28. The number of hydrogen-bond acceptors (Lipinski definition) is 1. The minimum absolute atomic E-state index is 0.151. The molecule has 66 heavy (non-hydrogen) atoms. The first-order valence-corrected chi connectivity index (χ1v) is 23.3. The van der Waals surface area contributed by atoms with E-state index in [2.05, 4.69) is 255 Å². The Morgan fingerprint density at radius 1 is 0.242 bits per heavy atom. The summed E-state index contributed by atoms with van der Waals surface area (Å²) in [5.41, 5.74) is 26.1. The van der Waals surface area contributed by atoms with Gasteiger partial charge in [-0.25, -0.2) is 0 Å². The van der Waals surface area contributed by atoms with E-state index < -0.39 is 10.8 Å². The van der Waals surface area contributed by atoms with Gasteiger partial charge in [0.15, 0.2) is 0 Å². The highest BCUT2D eigenvalue weighted by Gasteiger charge is 2.52. The highest BCUT2D eigenvalue weighted by molar-refractivity contribution is 5.97. The molecule has 0 saturated carbocycles. The zero-order chi connectivity index (χ0) is 43.8. The zero-order valence-corrected chi connectivity index (χ0v) is 37.0. The molecule has 0 heterocycles. The maximum atomic E-state index is 2.53. The van der Waals surface area contributed by atoms with Crippen LogP contribution in [0.1, 0.15) is 69.5 Å². The van der Waals surface area contributed by atoms with Crippen LogP contribution in [0, 0.1) is 0 Å². The Hall–Kier alpha value is -8.00. The smallest absolute Gasteiger partial charge is 0.0725 e. The van der Waals surface area contributed by atoms with Gasteiger partial charge < -0.3 is 4.90 Å². The van der Waals surface area contributed by atoms with Crippen LogP contribution >= 0.6 is 0 Å². The third kappa shape index (κ3) is 4.69. The Labute approximate surface area is 387 Å². The molecule has 0 aliphatic heterocycles. The minimum Gasteiger partial charge on any atom is -0.310 e. The van der Waals surface area contributed by atoms with Gasteiger partial charge >= 0.3 is 0 Å². The van der Waals surface area contributed by atoms with Gasteiger partial charge in [0.25, 0.3) is 0 Å². The summed E-state index contributed by atoms with van der Waals surface area (Å²) in [4.78, 5) is 2.53. The molecule has 0 unspecified atom stereocenters. The van der Waals surface area contributed by atoms with Crippen molar-refractivity contribution >= 4 is 17.1 Å². The molecule has 0 saturated heterocycles. The van der Waals surface area contributed by atoms with Crippen LogP contribution in [-0.2, 0) is 16.2 Å². The molecule has 4 aliphatic carbocycles. The van der Waals surface area contributed by atoms with Crippen LogP contribution in [0.25, 0.3) is 44.5 Å². The van der Waals surface area contributed by atoms with Crippen molar-refractivity contribution < 1.29 is 0 Å². The van der Waals surface area contributed by atoms with E-state index in [4.69, 9.17) is 0 Å². The quantitative estimate of drug-likeness (QED) is 0.167. The van der Waals surface area contributed by atoms with Crippen LogP contribution in [0.4, 0.5) is 17.1 Å². The second-order valence-corrected chi connectivity index (χ2v) is 19.1. The number of rotatable bonds is 5. The number of nitrogens with zero attached hydrogens (tertiary/aromatic N) is 1. The standard InChI is InChI=1S/C65H45N/c1-63(2)55-28-14-9-23-47(55)52-36-33-46(41-62(52)63)66(44-34-37-60-53(39-44)50-26-12-15-29-56(50)64(60,42-19-5-3-6-20-42)43-21-7-4-8-22-43)45-35-38-61-54(40-45)51-27-13-18-32-59(51)65(61)57-30-16-10-24-48(57)49-25-11-17-31-58(49)65/h3-41H,1-2H3. The Balaban J connectivity index is 1.02. The van der Waals surface area contributed by atoms with E-state index in [1.165, 1.54) is 100 Å². The Kier molecular flexibility index (Phi) is 7.66. The SMILES string of the molecule is CC1(C)c2ccccc2-c2ccc(N(c3ccc4c(c3)-c3ccccc3C4(c3ccccc3)c3ccccc3)c3ccc4c(c3)-c3ccccc3C43c4ccccc4-c4ccccc43)cc21. The Bertz CT molecular complexity index is 3450. The second-order valence-electron chi connectivity index (χ2n) is 19.1. The molecule has 10 aromatic rings. The van der Waals surface area contributed by atoms with Gasteiger partial charge in [0.2, 0.25) is 0 Å². The summed E-state index contributed by atoms with van der Waals surface area (Å²) in [7, 11) is 0. The molecular formula is C65H45N. The van der Waals surface area contributed by atoms with E-state index in [0.717, 1.165) is 17.1 Å². The summed E-state index contributed by atoms with van der Waals surface area (Å²) in [6, 6.07) is 89.3. The lowest BCUT2D eigenvalue weighted by molar-refractivity contribution is 0.660. The summed E-state index contributed by atoms with van der Waals surface area (Å²) in [6.07, 6.45) is 0. The van der Waals surface area contributed by atoms with Crippen molar-refractivity contribution in [3.8, 4) is 44.5 Å². The van der Waals surface area contributed by atoms with E-state index >= 15 is 0 Å². The van der Waals surface area contributed by atoms with Gasteiger partial charge in [-0.15, -0.1) is 0 Å². The fraction of sp³-hybridized carbons (Fsp3) is 0.0769. The van der Waals surface area contributed by atoms with Crippen LogP contribution in [0.15, 0.2) is 237 Å². The molecule has 0 N–H and O–H groups in total. The minimum atomic E-state index is -0.472. The van der Waals surface area contributed by atoms with E-state index in [9.17, 15) is 0 Å². The van der Waals surface area contributed by atoms with Gasteiger partial charge in [-0.2, -0.15) is 0 Å². The van der Waals surface area contributed by atoms with E-state index in [-0.39, 0.29) is 5.41 Å². The topological polar surface area (TPSA) is 3.24 Å². The monoisotopic (exact) mass is 839 g/mol. The van der Waals surface area contributed by atoms with Gasteiger partial charge in [0, 0.05) is 22.5 Å². The van der Waals surface area contributed by atoms with E-state index in [0.29, 0.717) is 0 Å². The number of benzene rings is 10. The Morgan fingerprint density at radius 3 is 1.05 bits per heavy atom. The molecule has 1 spiro atoms. The normalized spacial score (nSPS) is 15.2. The fourth-order valence-corrected chi connectivity index (χ4v) is 13.1. The van der Waals surface area contributed by atoms with Crippen molar-refractivity contribution in [3.63, 3.8) is 0 Å². The largest absolute Gasteiger partial charge is 0.310 e. The Morgan fingerprint density at radius 2 is 0.561 bits per heavy atom. The maximum absolute atomic E-state index is 2.53. The molecule has 0 aromatic heterocycles. The molecule has 4 aliphatic rings. The number of fused-ring (bicyclic) bond motifs is 16. The summed E-state index contributed by atoms with van der Waals surface area (Å²) in [5, 5.41) is 0. The first kappa shape index (κ1) is 37.4. The lowest BCUT2D eigenvalue weighted by atomic mass is 9.68. The lowest BCUT2D eigenvalue weighted by Gasteiger charge is -2.34. The molecule has 10 aromatic carbocycles. The van der Waals surface area contributed by atoms with Crippen molar-refractivity contribution in [1.82, 2.24) is 0 Å². The third-order valence-corrected chi connectivity index (χ3v) is 15.8. The summed E-state index contributed by atoms with van der Waals surface area (Å²) < 4.78 is 0. The third-order valence-electron chi connectivity index (χ3n) is 15.8. The first-order valence-electron chi connectivity index (χ1n) is 23.3. The number of hydrogen-bond donors (Lipinski definition) is 0. The van der Waals surface area contributed by atoms with Gasteiger partial charge in [0.1, 0.15) is 0 Å². The molecule has 1 heteroatoms. The molecule has 0 amide bonds. The highest BCUT2D eigenvalue weighted by Crippen LogP contribution is 2.64. The van der Waals surface area contributed by atoms with Crippen molar-refractivity contribution in [3.05, 3.63) is 292 Å². The second kappa shape index (κ2) is 13.5. The first-order chi connectivity index (χ1) is 32.5. The maximum Gasteiger partial charge on any atom is 0.0725 e. The van der Waals surface area contributed by atoms with E-state index in [1.807, 2.05) is 0 Å². The molecule has 0 fully saturated rings. The van der Waals surface area contributed by atoms with Crippen LogP contribution in [0.3, 0.4) is 0 Å². The molecule has 0 radical (unpaired) electrons. The highest BCUT2D eigenvalue weighted by atomic mass is 15.1. The molecule has 1 nitrogen and oxygen atoms in total. The van der Waals surface area contributed by atoms with Crippen LogP contribution in [0.2, 0.25) is 0 Å². The van der Waals surface area contributed by atoms with Crippen LogP contribution in [0.5, 0.6) is 0 Å². The average Bonchev–Trinajstić information content (AvgIpc) is 4.03. The van der Waals surface area contributed by atoms with Gasteiger partial charge in [-0.1, -0.05) is 214 Å². The van der Waals surface area contributed by atoms with Gasteiger partial charge in [-0.3, -0.25) is 0 Å². The average molecular weight is 840 g/mol. The summed E-state index contributed by atoms with van der Waals surface area (Å²) in [6.45, 7) is 4.77. The molecule has 0 atom stereocenters. The molecule has 0 bridgehead atoms. The van der Waals surface area contributed by atoms with Crippen molar-refractivity contribution in [2.24, 2.45) is 0 Å². The number of anilines is 3. The zero-order valence-electron chi connectivity index (χ0n) is 37.0. The van der Waals surface area contributed by atoms with Crippen molar-refractivity contribution in [2.45, 2.75) is 30.1 Å². The van der Waals surface area contributed by atoms with Crippen LogP contribution in [-0.4, -0.2) is 0 Å². The predicted octanol–water partition coefficient (Wildman–Crippen LogP) is 16.2. The van der Waals surface area contributed by atoms with Crippen LogP contribution < -0.4 is 4.90 Å². The molecular weight excluding hydrogens is 795 g/mol.